The van der Waals surface area contributed by atoms with E-state index in [9.17, 15) is 4.79 Å². The van der Waals surface area contributed by atoms with Crippen molar-refractivity contribution in [3.63, 3.8) is 0 Å². The van der Waals surface area contributed by atoms with Crippen LogP contribution < -0.4 is 4.74 Å². The van der Waals surface area contributed by atoms with Gasteiger partial charge in [0, 0.05) is 20.1 Å². The molecule has 2 nitrogen and oxygen atoms in total. The summed E-state index contributed by atoms with van der Waals surface area (Å²) in [6, 6.07) is 10.4. The first-order chi connectivity index (χ1) is 9.52. The van der Waals surface area contributed by atoms with Gasteiger partial charge in [-0.05, 0) is 75.2 Å². The number of ketones is 1. The molecule has 0 radical (unpaired) electrons. The van der Waals surface area contributed by atoms with E-state index >= 15 is 0 Å². The lowest BCUT2D eigenvalue weighted by Gasteiger charge is -2.08. The highest BCUT2D eigenvalue weighted by atomic mass is 79.9. The van der Waals surface area contributed by atoms with Crippen molar-refractivity contribution in [2.24, 2.45) is 0 Å². The normalized spacial score (nSPS) is 10.4. The van der Waals surface area contributed by atoms with E-state index in [4.69, 9.17) is 16.3 Å². The van der Waals surface area contributed by atoms with E-state index in [0.717, 1.165) is 5.75 Å². The van der Waals surface area contributed by atoms with Gasteiger partial charge in [0.25, 0.3) is 0 Å². The second-order valence-corrected chi connectivity index (χ2v) is 6.15. The second kappa shape index (κ2) is 6.74. The molecule has 0 heterocycles. The number of halogens is 3. The Balaban J connectivity index is 2.35. The van der Waals surface area contributed by atoms with Crippen LogP contribution in [0.15, 0.2) is 45.3 Å². The summed E-state index contributed by atoms with van der Waals surface area (Å²) in [5.41, 5.74) is 1.16. The van der Waals surface area contributed by atoms with Crippen molar-refractivity contribution in [3.05, 3.63) is 61.5 Å². The number of hydrogen-bond acceptors (Lipinski definition) is 2. The molecule has 0 amide bonds. The number of carbonyl (C=O) groups excluding carboxylic acids is 1. The quantitative estimate of drug-likeness (QED) is 0.614. The largest absolute Gasteiger partial charge is 0.494 e. The first kappa shape index (κ1) is 15.5. The highest BCUT2D eigenvalue weighted by Gasteiger charge is 2.14. The van der Waals surface area contributed by atoms with Crippen LogP contribution in [0.1, 0.15) is 22.8 Å². The Morgan fingerprint density at radius 1 is 1.15 bits per heavy atom. The minimum absolute atomic E-state index is 0.0720. The third-order valence-corrected chi connectivity index (χ3v) is 4.55. The molecule has 5 heteroatoms. The fourth-order valence-corrected chi connectivity index (χ4v) is 2.76. The van der Waals surface area contributed by atoms with E-state index in [0.29, 0.717) is 31.7 Å². The van der Waals surface area contributed by atoms with Crippen LogP contribution in [0.25, 0.3) is 0 Å². The lowest BCUT2D eigenvalue weighted by molar-refractivity contribution is 0.103. The third kappa shape index (κ3) is 3.43. The van der Waals surface area contributed by atoms with Gasteiger partial charge in [0.05, 0.1) is 11.6 Å². The molecule has 0 unspecified atom stereocenters. The minimum atomic E-state index is -0.0720. The summed E-state index contributed by atoms with van der Waals surface area (Å²) in [5.74, 6) is 0.658. The van der Waals surface area contributed by atoms with Crippen molar-refractivity contribution < 1.29 is 9.53 Å². The predicted octanol–water partition coefficient (Wildman–Crippen LogP) is 5.49. The van der Waals surface area contributed by atoms with Crippen LogP contribution in [0.3, 0.4) is 0 Å². The average Bonchev–Trinajstić information content (AvgIpc) is 2.42. The van der Waals surface area contributed by atoms with E-state index in [2.05, 4.69) is 31.9 Å². The number of carbonyl (C=O) groups is 1. The van der Waals surface area contributed by atoms with Gasteiger partial charge in [0.15, 0.2) is 5.78 Å². The maximum Gasteiger partial charge on any atom is 0.194 e. The van der Waals surface area contributed by atoms with E-state index in [1.54, 1.807) is 36.4 Å². The third-order valence-electron chi connectivity index (χ3n) is 2.68. The van der Waals surface area contributed by atoms with Crippen molar-refractivity contribution >= 4 is 49.2 Å². The van der Waals surface area contributed by atoms with Crippen LogP contribution in [0, 0.1) is 0 Å². The maximum atomic E-state index is 12.5. The van der Waals surface area contributed by atoms with Gasteiger partial charge in [-0.2, -0.15) is 0 Å². The summed E-state index contributed by atoms with van der Waals surface area (Å²) in [5, 5.41) is 0.576. The van der Waals surface area contributed by atoms with Crippen LogP contribution >= 0.6 is 43.5 Å². The summed E-state index contributed by atoms with van der Waals surface area (Å²) in [7, 11) is 0. The number of rotatable bonds is 4. The van der Waals surface area contributed by atoms with Crippen LogP contribution in [-0.4, -0.2) is 12.4 Å². The zero-order valence-electron chi connectivity index (χ0n) is 10.6. The minimum Gasteiger partial charge on any atom is -0.494 e. The lowest BCUT2D eigenvalue weighted by Crippen LogP contribution is -2.03. The molecule has 0 atom stereocenters. The Hall–Kier alpha value is -0.840. The highest BCUT2D eigenvalue weighted by molar-refractivity contribution is 9.10. The van der Waals surface area contributed by atoms with E-state index in [1.165, 1.54) is 0 Å². The topological polar surface area (TPSA) is 26.3 Å². The van der Waals surface area contributed by atoms with Gasteiger partial charge in [-0.1, -0.05) is 11.6 Å². The fraction of sp³-hybridized carbons (Fsp3) is 0.133. The Morgan fingerprint density at radius 3 is 2.50 bits per heavy atom. The molecular weight excluding hydrogens is 407 g/mol. The molecule has 0 saturated heterocycles. The van der Waals surface area contributed by atoms with Crippen LogP contribution in [-0.2, 0) is 0 Å². The first-order valence-corrected chi connectivity index (χ1v) is 7.91. The Kier molecular flexibility index (Phi) is 5.24. The van der Waals surface area contributed by atoms with Crippen molar-refractivity contribution in [2.75, 3.05) is 6.61 Å². The Labute approximate surface area is 139 Å². The van der Waals surface area contributed by atoms with Crippen LogP contribution in [0.4, 0.5) is 0 Å². The van der Waals surface area contributed by atoms with Gasteiger partial charge < -0.3 is 4.74 Å². The molecule has 0 fully saturated rings. The van der Waals surface area contributed by atoms with Crippen LogP contribution in [0.5, 0.6) is 5.75 Å². The molecule has 0 aromatic heterocycles. The SMILES string of the molecule is CCOc1ccc(C(=O)c2ccc(Cl)c(Br)c2)c(Br)c1. The molecule has 0 saturated carbocycles. The summed E-state index contributed by atoms with van der Waals surface area (Å²) in [6.45, 7) is 2.50. The van der Waals surface area contributed by atoms with Crippen molar-refractivity contribution in [2.45, 2.75) is 6.92 Å². The molecule has 2 aromatic rings. The monoisotopic (exact) mass is 416 g/mol. The number of ether oxygens (including phenoxy) is 1. The molecular formula is C15H11Br2ClO2. The van der Waals surface area contributed by atoms with Gasteiger partial charge >= 0.3 is 0 Å². The van der Waals surface area contributed by atoms with Gasteiger partial charge in [0.2, 0.25) is 0 Å². The van der Waals surface area contributed by atoms with Gasteiger partial charge in [-0.3, -0.25) is 4.79 Å². The van der Waals surface area contributed by atoms with E-state index in [-0.39, 0.29) is 5.78 Å². The van der Waals surface area contributed by atoms with E-state index < -0.39 is 0 Å². The summed E-state index contributed by atoms with van der Waals surface area (Å²) >= 11 is 12.7. The molecule has 2 rings (SSSR count). The van der Waals surface area contributed by atoms with E-state index in [1.807, 2.05) is 6.92 Å². The molecule has 2 aromatic carbocycles. The van der Waals surface area contributed by atoms with Crippen molar-refractivity contribution in [1.82, 2.24) is 0 Å². The number of benzene rings is 2. The van der Waals surface area contributed by atoms with Crippen molar-refractivity contribution in [1.29, 1.82) is 0 Å². The number of hydrogen-bond donors (Lipinski definition) is 0. The Morgan fingerprint density at radius 2 is 1.90 bits per heavy atom. The predicted molar refractivity (Wildman–Crippen MR) is 87.9 cm³/mol. The zero-order chi connectivity index (χ0) is 14.7. The maximum absolute atomic E-state index is 12.5. The molecule has 0 aliphatic heterocycles. The second-order valence-electron chi connectivity index (χ2n) is 4.03. The summed E-state index contributed by atoms with van der Waals surface area (Å²) < 4.78 is 6.80. The highest BCUT2D eigenvalue weighted by Crippen LogP contribution is 2.28. The van der Waals surface area contributed by atoms with Crippen molar-refractivity contribution in [3.8, 4) is 5.75 Å². The smallest absolute Gasteiger partial charge is 0.194 e. The molecule has 0 bridgehead atoms. The van der Waals surface area contributed by atoms with Gasteiger partial charge in [0.1, 0.15) is 5.75 Å². The summed E-state index contributed by atoms with van der Waals surface area (Å²) in [4.78, 5) is 12.5. The molecule has 0 aliphatic carbocycles. The van der Waals surface area contributed by atoms with Crippen LogP contribution in [0.2, 0.25) is 5.02 Å². The molecule has 20 heavy (non-hydrogen) atoms. The zero-order valence-corrected chi connectivity index (χ0v) is 14.5. The molecule has 0 spiro atoms. The Bertz CT molecular complexity index is 656. The molecule has 0 N–H and O–H groups in total. The standard InChI is InChI=1S/C15H11Br2ClO2/c1-2-20-10-4-5-11(12(16)8-10)15(19)9-3-6-14(18)13(17)7-9/h3-8H,2H2,1H3. The molecule has 0 aliphatic rings. The first-order valence-electron chi connectivity index (χ1n) is 5.95. The average molecular weight is 419 g/mol. The lowest BCUT2D eigenvalue weighted by atomic mass is 10.0. The summed E-state index contributed by atoms with van der Waals surface area (Å²) in [6.07, 6.45) is 0. The molecule has 104 valence electrons. The van der Waals surface area contributed by atoms with Gasteiger partial charge in [-0.15, -0.1) is 0 Å². The fourth-order valence-electron chi connectivity index (χ4n) is 1.73. The van der Waals surface area contributed by atoms with Gasteiger partial charge in [-0.25, -0.2) is 0 Å².